The highest BCUT2D eigenvalue weighted by Gasteiger charge is 2.39. The topological polar surface area (TPSA) is 56.2 Å². The Bertz CT molecular complexity index is 830. The largest absolute Gasteiger partial charge is 0.573 e. The number of amides is 1. The summed E-state index contributed by atoms with van der Waals surface area (Å²) in [7, 11) is 0. The number of alkyl halides is 6. The zero-order valence-electron chi connectivity index (χ0n) is 13.7. The van der Waals surface area contributed by atoms with Crippen molar-refractivity contribution in [1.82, 2.24) is 9.78 Å². The fourth-order valence-electron chi connectivity index (χ4n) is 2.15. The third kappa shape index (κ3) is 5.15. The molecule has 27 heavy (non-hydrogen) atoms. The number of carbonyl (C=O) groups excluding carboxylic acids is 1. The number of carbonyl (C=O) groups is 1. The molecule has 0 aliphatic rings. The van der Waals surface area contributed by atoms with Crippen LogP contribution >= 0.6 is 15.9 Å². The summed E-state index contributed by atoms with van der Waals surface area (Å²) < 4.78 is 79.4. The summed E-state index contributed by atoms with van der Waals surface area (Å²) in [6.07, 6.45) is -9.54. The second-order valence-corrected chi connectivity index (χ2v) is 6.22. The monoisotopic (exact) mass is 459 g/mol. The van der Waals surface area contributed by atoms with Gasteiger partial charge in [0.25, 0.3) is 0 Å². The molecule has 1 amide bonds. The van der Waals surface area contributed by atoms with Crippen molar-refractivity contribution in [2.45, 2.75) is 32.4 Å². The molecule has 5 nitrogen and oxygen atoms in total. The maximum atomic E-state index is 12.9. The lowest BCUT2D eigenvalue weighted by molar-refractivity contribution is -0.274. The van der Waals surface area contributed by atoms with E-state index in [1.54, 1.807) is 0 Å². The van der Waals surface area contributed by atoms with Crippen molar-refractivity contribution < 1.29 is 35.9 Å². The molecule has 0 spiro atoms. The van der Waals surface area contributed by atoms with Gasteiger partial charge in [-0.25, -0.2) is 0 Å². The smallest absolute Gasteiger partial charge is 0.406 e. The third-order valence-electron chi connectivity index (χ3n) is 3.45. The van der Waals surface area contributed by atoms with E-state index >= 15 is 0 Å². The standard InChI is InChI=1S/C15H12BrF6N3O2/c1-7-11(16)12(14(17,18)19)24-25(7)8(2)13(26)23-9-3-5-10(6-4-9)27-15(20,21)22/h3-6,8H,1-2H3,(H,23,26). The van der Waals surface area contributed by atoms with Gasteiger partial charge < -0.3 is 10.1 Å². The molecule has 0 bridgehead atoms. The van der Waals surface area contributed by atoms with Gasteiger partial charge in [-0.15, -0.1) is 13.2 Å². The van der Waals surface area contributed by atoms with Crippen LogP contribution in [0.3, 0.4) is 0 Å². The molecule has 1 atom stereocenters. The predicted octanol–water partition coefficient (Wildman–Crippen LogP) is 5.07. The molecule has 1 heterocycles. The zero-order chi connectivity index (χ0) is 20.6. The normalized spacial score (nSPS) is 13.4. The summed E-state index contributed by atoms with van der Waals surface area (Å²) in [6, 6.07) is 3.21. The highest BCUT2D eigenvalue weighted by molar-refractivity contribution is 9.10. The maximum Gasteiger partial charge on any atom is 0.573 e. The summed E-state index contributed by atoms with van der Waals surface area (Å²) >= 11 is 2.81. The van der Waals surface area contributed by atoms with Gasteiger partial charge >= 0.3 is 12.5 Å². The average Bonchev–Trinajstić information content (AvgIpc) is 2.83. The molecule has 1 unspecified atom stereocenters. The van der Waals surface area contributed by atoms with E-state index in [9.17, 15) is 31.1 Å². The number of nitrogens with zero attached hydrogens (tertiary/aromatic N) is 2. The van der Waals surface area contributed by atoms with Crippen molar-refractivity contribution in [2.24, 2.45) is 0 Å². The summed E-state index contributed by atoms with van der Waals surface area (Å²) in [5.74, 6) is -1.18. The highest BCUT2D eigenvalue weighted by atomic mass is 79.9. The number of aromatic nitrogens is 2. The fraction of sp³-hybridized carbons (Fsp3) is 0.333. The van der Waals surface area contributed by atoms with Crippen LogP contribution in [-0.4, -0.2) is 22.1 Å². The molecule has 2 rings (SSSR count). The molecule has 0 radical (unpaired) electrons. The molecule has 0 aliphatic heterocycles. The van der Waals surface area contributed by atoms with E-state index in [-0.39, 0.29) is 15.9 Å². The highest BCUT2D eigenvalue weighted by Crippen LogP contribution is 2.36. The molecular formula is C15H12BrF6N3O2. The number of hydrogen-bond donors (Lipinski definition) is 1. The van der Waals surface area contributed by atoms with E-state index in [2.05, 4.69) is 31.1 Å². The molecule has 2 aromatic rings. The molecule has 12 heteroatoms. The van der Waals surface area contributed by atoms with Gasteiger partial charge in [-0.3, -0.25) is 9.48 Å². The molecule has 148 valence electrons. The van der Waals surface area contributed by atoms with Gasteiger partial charge in [0.1, 0.15) is 11.8 Å². The van der Waals surface area contributed by atoms with Crippen molar-refractivity contribution in [2.75, 3.05) is 5.32 Å². The number of rotatable bonds is 4. The SMILES string of the molecule is Cc1c(Br)c(C(F)(F)F)nn1C(C)C(=O)Nc1ccc(OC(F)(F)F)cc1. The fourth-order valence-corrected chi connectivity index (χ4v) is 2.64. The molecule has 0 saturated heterocycles. The molecule has 1 aromatic heterocycles. The first-order valence-corrected chi connectivity index (χ1v) is 8.07. The Balaban J connectivity index is 2.15. The van der Waals surface area contributed by atoms with E-state index in [1.807, 2.05) is 0 Å². The quantitative estimate of drug-likeness (QED) is 0.649. The lowest BCUT2D eigenvalue weighted by atomic mass is 10.2. The molecule has 1 N–H and O–H groups in total. The van der Waals surface area contributed by atoms with E-state index in [0.717, 1.165) is 16.8 Å². The van der Waals surface area contributed by atoms with E-state index < -0.39 is 35.9 Å². The van der Waals surface area contributed by atoms with Gasteiger partial charge in [-0.2, -0.15) is 18.3 Å². The van der Waals surface area contributed by atoms with Crippen molar-refractivity contribution >= 4 is 27.5 Å². The second kappa shape index (κ2) is 7.41. The van der Waals surface area contributed by atoms with Crippen LogP contribution in [-0.2, 0) is 11.0 Å². The Morgan fingerprint density at radius 1 is 1.19 bits per heavy atom. The first-order chi connectivity index (χ1) is 12.3. The van der Waals surface area contributed by atoms with Crippen molar-refractivity contribution in [1.29, 1.82) is 0 Å². The van der Waals surface area contributed by atoms with Crippen LogP contribution in [0.5, 0.6) is 5.75 Å². The van der Waals surface area contributed by atoms with E-state index in [1.165, 1.54) is 26.0 Å². The minimum absolute atomic E-state index is 0.0962. The maximum absolute atomic E-state index is 12.9. The van der Waals surface area contributed by atoms with Crippen LogP contribution < -0.4 is 10.1 Å². The first kappa shape index (κ1) is 21.1. The summed E-state index contributed by atoms with van der Waals surface area (Å²) in [5.41, 5.74) is -0.923. The van der Waals surface area contributed by atoms with Crippen molar-refractivity contribution in [3.63, 3.8) is 0 Å². The van der Waals surface area contributed by atoms with E-state index in [0.29, 0.717) is 0 Å². The van der Waals surface area contributed by atoms with Crippen LogP contribution in [0.1, 0.15) is 24.4 Å². The van der Waals surface area contributed by atoms with E-state index in [4.69, 9.17) is 0 Å². The van der Waals surface area contributed by atoms with Gasteiger partial charge in [-0.1, -0.05) is 0 Å². The number of anilines is 1. The van der Waals surface area contributed by atoms with Gasteiger partial charge in [-0.05, 0) is 54.0 Å². The van der Waals surface area contributed by atoms with Gasteiger partial charge in [0, 0.05) is 5.69 Å². The molecule has 0 aliphatic carbocycles. The third-order valence-corrected chi connectivity index (χ3v) is 4.40. The van der Waals surface area contributed by atoms with Gasteiger partial charge in [0.05, 0.1) is 10.2 Å². The van der Waals surface area contributed by atoms with Crippen LogP contribution in [0.25, 0.3) is 0 Å². The molecular weight excluding hydrogens is 448 g/mol. The average molecular weight is 460 g/mol. The minimum Gasteiger partial charge on any atom is -0.406 e. The number of benzene rings is 1. The first-order valence-electron chi connectivity index (χ1n) is 7.28. The van der Waals surface area contributed by atoms with Gasteiger partial charge in [0.15, 0.2) is 5.69 Å². The predicted molar refractivity (Wildman–Crippen MR) is 86.1 cm³/mol. The van der Waals surface area contributed by atoms with Crippen LogP contribution in [0.15, 0.2) is 28.7 Å². The van der Waals surface area contributed by atoms with Crippen molar-refractivity contribution in [3.05, 3.63) is 40.1 Å². The number of halogens is 7. The van der Waals surface area contributed by atoms with Crippen LogP contribution in [0.2, 0.25) is 0 Å². The minimum atomic E-state index is -4.85. The van der Waals surface area contributed by atoms with Crippen LogP contribution in [0.4, 0.5) is 32.0 Å². The number of hydrogen-bond acceptors (Lipinski definition) is 3. The lowest BCUT2D eigenvalue weighted by Gasteiger charge is -2.15. The van der Waals surface area contributed by atoms with Crippen LogP contribution in [0, 0.1) is 6.92 Å². The lowest BCUT2D eigenvalue weighted by Crippen LogP contribution is -2.25. The second-order valence-electron chi connectivity index (χ2n) is 5.43. The Morgan fingerprint density at radius 3 is 2.19 bits per heavy atom. The summed E-state index contributed by atoms with van der Waals surface area (Å²) in [4.78, 5) is 12.3. The summed E-state index contributed by atoms with van der Waals surface area (Å²) in [6.45, 7) is 2.70. The Morgan fingerprint density at radius 2 is 1.74 bits per heavy atom. The van der Waals surface area contributed by atoms with Gasteiger partial charge in [0.2, 0.25) is 5.91 Å². The summed E-state index contributed by atoms with van der Waals surface area (Å²) in [5, 5.41) is 5.83. The molecule has 1 aromatic carbocycles. The Kier molecular flexibility index (Phi) is 5.78. The number of ether oxygens (including phenoxy) is 1. The number of nitrogens with one attached hydrogen (secondary N) is 1. The molecule has 0 fully saturated rings. The molecule has 0 saturated carbocycles. The zero-order valence-corrected chi connectivity index (χ0v) is 15.3. The Hall–Kier alpha value is -2.24. The Labute approximate surface area is 157 Å². The van der Waals surface area contributed by atoms with Crippen molar-refractivity contribution in [3.8, 4) is 5.75 Å².